The molecule has 1 amide bonds. The highest BCUT2D eigenvalue weighted by atomic mass is 19.4. The van der Waals surface area contributed by atoms with Crippen molar-refractivity contribution in [1.82, 2.24) is 14.8 Å². The molecular weight excluding hydrogens is 752 g/mol. The number of hydrogen-bond acceptors (Lipinski definition) is 7. The smallest absolute Gasteiger partial charge is 0.416 e. The maximum absolute atomic E-state index is 13.8. The molecular formula is C48H52F3N5O3. The molecule has 6 rings (SSSR count). The number of aromatic nitrogens is 1. The van der Waals surface area contributed by atoms with Crippen molar-refractivity contribution >= 4 is 11.6 Å². The number of nitrogens with zero attached hydrogens (tertiary/aromatic N) is 4. The number of nitriles is 1. The molecule has 1 aliphatic rings. The van der Waals surface area contributed by atoms with Crippen molar-refractivity contribution in [3.63, 3.8) is 0 Å². The molecule has 1 atom stereocenters. The Kier molecular flexibility index (Phi) is 14.4. The number of alkyl halides is 3. The van der Waals surface area contributed by atoms with Crippen LogP contribution in [0.5, 0.6) is 0 Å². The van der Waals surface area contributed by atoms with E-state index in [0.29, 0.717) is 53.4 Å². The van der Waals surface area contributed by atoms with Gasteiger partial charge in [0.05, 0.1) is 36.5 Å². The third kappa shape index (κ3) is 10.9. The molecule has 0 unspecified atom stereocenters. The number of oxazole rings is 1. The van der Waals surface area contributed by atoms with Gasteiger partial charge in [0.1, 0.15) is 5.76 Å². The number of anilines is 1. The molecule has 2 N–H and O–H groups in total. The minimum atomic E-state index is -4.48. The number of hydrogen-bond donors (Lipinski definition) is 2. The van der Waals surface area contributed by atoms with Gasteiger partial charge < -0.3 is 19.7 Å². The van der Waals surface area contributed by atoms with E-state index in [1.165, 1.54) is 6.07 Å². The van der Waals surface area contributed by atoms with Crippen LogP contribution in [-0.4, -0.2) is 52.5 Å². The number of carbonyl (C=O) groups is 1. The molecule has 0 saturated heterocycles. The van der Waals surface area contributed by atoms with Crippen molar-refractivity contribution in [3.8, 4) is 6.07 Å². The number of benzene rings is 4. The minimum absolute atomic E-state index is 0.120. The van der Waals surface area contributed by atoms with Gasteiger partial charge in [-0.05, 0) is 73.5 Å². The fourth-order valence-electron chi connectivity index (χ4n) is 7.75. The predicted molar refractivity (Wildman–Crippen MR) is 223 cm³/mol. The summed E-state index contributed by atoms with van der Waals surface area (Å²) in [6, 6.07) is 33.1. The van der Waals surface area contributed by atoms with Crippen LogP contribution in [-0.2, 0) is 23.1 Å². The Morgan fingerprint density at radius 1 is 0.847 bits per heavy atom. The SMILES string of the molecule is C[C@@H](C1=C(Nc2cccc(C(F)(F)F)c2)CN(CCCCCCCCCCN(C)Cc2cnc(C(O)(c3ccccc3)c3ccccc3)o2)C1=O)c1ccc(C#N)cc1. The Morgan fingerprint density at radius 3 is 2.05 bits per heavy atom. The molecule has 8 nitrogen and oxygen atoms in total. The van der Waals surface area contributed by atoms with Crippen LogP contribution in [0.1, 0.15) is 104 Å². The van der Waals surface area contributed by atoms with Crippen molar-refractivity contribution in [2.75, 3.05) is 32.0 Å². The van der Waals surface area contributed by atoms with E-state index in [-0.39, 0.29) is 23.4 Å². The van der Waals surface area contributed by atoms with Gasteiger partial charge in [0, 0.05) is 29.4 Å². The fourth-order valence-corrected chi connectivity index (χ4v) is 7.75. The highest BCUT2D eigenvalue weighted by Crippen LogP contribution is 2.37. The first-order valence-electron chi connectivity index (χ1n) is 20.4. The lowest BCUT2D eigenvalue weighted by molar-refractivity contribution is -0.137. The Bertz CT molecular complexity index is 2160. The van der Waals surface area contributed by atoms with Crippen LogP contribution in [0.3, 0.4) is 0 Å². The summed E-state index contributed by atoms with van der Waals surface area (Å²) in [6.45, 7) is 4.26. The van der Waals surface area contributed by atoms with Gasteiger partial charge in [-0.3, -0.25) is 9.69 Å². The van der Waals surface area contributed by atoms with E-state index in [0.717, 1.165) is 75.6 Å². The van der Waals surface area contributed by atoms with Gasteiger partial charge in [-0.1, -0.05) is 124 Å². The van der Waals surface area contributed by atoms with E-state index in [9.17, 15) is 28.3 Å². The average Bonchev–Trinajstić information content (AvgIpc) is 3.84. The van der Waals surface area contributed by atoms with Gasteiger partial charge in [-0.25, -0.2) is 4.98 Å². The Balaban J connectivity index is 0.919. The fraction of sp³-hybridized carbons (Fsp3) is 0.354. The molecule has 11 heteroatoms. The first-order chi connectivity index (χ1) is 28.5. The molecule has 308 valence electrons. The Labute approximate surface area is 345 Å². The van der Waals surface area contributed by atoms with E-state index >= 15 is 0 Å². The van der Waals surface area contributed by atoms with Gasteiger partial charge in [0.15, 0.2) is 5.60 Å². The third-order valence-electron chi connectivity index (χ3n) is 11.0. The molecule has 0 saturated carbocycles. The van der Waals surface area contributed by atoms with Crippen molar-refractivity contribution < 1.29 is 27.5 Å². The molecule has 0 radical (unpaired) electrons. The van der Waals surface area contributed by atoms with Crippen LogP contribution in [0, 0.1) is 11.3 Å². The standard InChI is InChI=1S/C48H52F3N5O3/c1-35(37-26-24-36(31-52)25-27-37)44-43(54-41-23-17-22-40(30-41)48(49,50)51)34-56(45(44)57)29-16-8-6-4-3-5-7-15-28-55(2)33-42-32-53-46(59-42)47(58,38-18-11-9-12-19-38)39-20-13-10-14-21-39/h9-14,17-27,30,32,35,54,58H,3-8,15-16,28-29,33-34H2,1-2H3/t35-/m1/s1. The van der Waals surface area contributed by atoms with E-state index < -0.39 is 17.3 Å². The molecule has 4 aromatic carbocycles. The van der Waals surface area contributed by atoms with Crippen LogP contribution in [0.15, 0.2) is 131 Å². The zero-order chi connectivity index (χ0) is 41.8. The number of amides is 1. The lowest BCUT2D eigenvalue weighted by Crippen LogP contribution is -2.29. The lowest BCUT2D eigenvalue weighted by Gasteiger charge is -2.26. The molecule has 0 fully saturated rings. The van der Waals surface area contributed by atoms with Crippen molar-refractivity contribution in [2.45, 2.75) is 82.5 Å². The first kappa shape index (κ1) is 42.9. The molecule has 1 aliphatic heterocycles. The topological polar surface area (TPSA) is 106 Å². The van der Waals surface area contributed by atoms with Gasteiger partial charge in [-0.15, -0.1) is 0 Å². The summed E-state index contributed by atoms with van der Waals surface area (Å²) in [4.78, 5) is 22.3. The van der Waals surface area contributed by atoms with Gasteiger partial charge in [0.2, 0.25) is 5.89 Å². The van der Waals surface area contributed by atoms with Gasteiger partial charge in [0.25, 0.3) is 5.91 Å². The normalized spacial score (nSPS) is 13.9. The monoisotopic (exact) mass is 803 g/mol. The van der Waals surface area contributed by atoms with Crippen LogP contribution in [0.25, 0.3) is 0 Å². The molecule has 0 bridgehead atoms. The minimum Gasteiger partial charge on any atom is -0.441 e. The average molecular weight is 804 g/mol. The third-order valence-corrected chi connectivity index (χ3v) is 11.0. The maximum atomic E-state index is 13.8. The summed E-state index contributed by atoms with van der Waals surface area (Å²) in [7, 11) is 2.06. The number of rotatable bonds is 20. The Morgan fingerprint density at radius 2 is 1.44 bits per heavy atom. The van der Waals surface area contributed by atoms with E-state index in [1.54, 1.807) is 29.3 Å². The second-order valence-corrected chi connectivity index (χ2v) is 15.4. The first-order valence-corrected chi connectivity index (χ1v) is 20.4. The highest BCUT2D eigenvalue weighted by Gasteiger charge is 2.39. The van der Waals surface area contributed by atoms with Gasteiger partial charge >= 0.3 is 6.18 Å². The van der Waals surface area contributed by atoms with Crippen LogP contribution < -0.4 is 5.32 Å². The summed E-state index contributed by atoms with van der Waals surface area (Å²) in [6.07, 6.45) is 5.65. The van der Waals surface area contributed by atoms with E-state index in [2.05, 4.69) is 28.3 Å². The van der Waals surface area contributed by atoms with Crippen LogP contribution >= 0.6 is 0 Å². The number of aliphatic hydroxyl groups is 1. The summed E-state index contributed by atoms with van der Waals surface area (Å²) >= 11 is 0. The number of nitrogens with one attached hydrogen (secondary N) is 1. The number of halogens is 3. The molecule has 1 aromatic heterocycles. The predicted octanol–water partition coefficient (Wildman–Crippen LogP) is 10.4. The van der Waals surface area contributed by atoms with E-state index in [4.69, 9.17) is 4.42 Å². The molecule has 0 aliphatic carbocycles. The summed E-state index contributed by atoms with van der Waals surface area (Å²) in [5.74, 6) is 0.497. The summed E-state index contributed by atoms with van der Waals surface area (Å²) < 4.78 is 46.6. The van der Waals surface area contributed by atoms with E-state index in [1.807, 2.05) is 79.7 Å². The number of unbranched alkanes of at least 4 members (excludes halogenated alkanes) is 7. The van der Waals surface area contributed by atoms with Gasteiger partial charge in [-0.2, -0.15) is 18.4 Å². The second-order valence-electron chi connectivity index (χ2n) is 15.4. The van der Waals surface area contributed by atoms with Crippen LogP contribution in [0.2, 0.25) is 0 Å². The van der Waals surface area contributed by atoms with Crippen molar-refractivity contribution in [1.29, 1.82) is 5.26 Å². The highest BCUT2D eigenvalue weighted by molar-refractivity contribution is 5.99. The number of carbonyl (C=O) groups excluding carboxylic acids is 1. The second kappa shape index (κ2) is 19.8. The summed E-state index contributed by atoms with van der Waals surface area (Å²) in [5, 5.41) is 24.3. The molecule has 0 spiro atoms. The van der Waals surface area contributed by atoms with Crippen LogP contribution in [0.4, 0.5) is 18.9 Å². The largest absolute Gasteiger partial charge is 0.441 e. The van der Waals surface area contributed by atoms with Crippen molar-refractivity contribution in [2.24, 2.45) is 0 Å². The Hall–Kier alpha value is -5.70. The van der Waals surface area contributed by atoms with Crippen molar-refractivity contribution in [3.05, 3.63) is 166 Å². The quantitative estimate of drug-likeness (QED) is 0.0755. The molecule has 2 heterocycles. The molecule has 5 aromatic rings. The zero-order valence-corrected chi connectivity index (χ0v) is 33.7. The maximum Gasteiger partial charge on any atom is 0.416 e. The zero-order valence-electron chi connectivity index (χ0n) is 33.7. The molecule has 59 heavy (non-hydrogen) atoms. The lowest BCUT2D eigenvalue weighted by atomic mass is 9.86. The summed E-state index contributed by atoms with van der Waals surface area (Å²) in [5.41, 5.74) is 1.89.